The van der Waals surface area contributed by atoms with Crippen LogP contribution in [0.2, 0.25) is 0 Å². The molecule has 0 bridgehead atoms. The first-order chi connectivity index (χ1) is 16.1. The maximum absolute atomic E-state index is 13.6. The van der Waals surface area contributed by atoms with E-state index in [1.165, 1.54) is 5.56 Å². The Morgan fingerprint density at radius 3 is 2.36 bits per heavy atom. The minimum Gasteiger partial charge on any atom is -0.479 e. The molecule has 4 nitrogen and oxygen atoms in total. The number of Topliss-reactive ketones (excluding diaryl/α,β-unsaturated/α-hetero) is 1. The number of ether oxygens (including phenoxy) is 1. The van der Waals surface area contributed by atoms with Gasteiger partial charge in [-0.25, -0.2) is 0 Å². The van der Waals surface area contributed by atoms with Crippen LogP contribution in [-0.4, -0.2) is 16.9 Å². The summed E-state index contributed by atoms with van der Waals surface area (Å²) in [5.41, 5.74) is 4.92. The van der Waals surface area contributed by atoms with Crippen LogP contribution in [0.1, 0.15) is 52.7 Å². The molecule has 0 spiro atoms. The molecule has 2 atom stereocenters. The van der Waals surface area contributed by atoms with Gasteiger partial charge >= 0.3 is 0 Å². The average Bonchev–Trinajstić information content (AvgIpc) is 3.45. The molecule has 0 saturated heterocycles. The van der Waals surface area contributed by atoms with Crippen LogP contribution in [-0.2, 0) is 4.74 Å². The molecule has 4 heteroatoms. The summed E-state index contributed by atoms with van der Waals surface area (Å²) in [6.07, 6.45) is 1.04. The second-order valence-electron chi connectivity index (χ2n) is 8.67. The minimum absolute atomic E-state index is 0.129. The molecule has 5 rings (SSSR count). The van der Waals surface area contributed by atoms with Crippen LogP contribution in [0.5, 0.6) is 0 Å². The lowest BCUT2D eigenvalue weighted by Crippen LogP contribution is -2.27. The molecule has 0 radical (unpaired) electrons. The quantitative estimate of drug-likeness (QED) is 0.362. The Balaban J connectivity index is 1.66. The summed E-state index contributed by atoms with van der Waals surface area (Å²) >= 11 is 0. The summed E-state index contributed by atoms with van der Waals surface area (Å²) in [7, 11) is 0. The maximum atomic E-state index is 13.6. The number of fused-ring (bicyclic) bond motifs is 1. The molecule has 0 saturated carbocycles. The second kappa shape index (κ2) is 8.44. The van der Waals surface area contributed by atoms with Crippen molar-refractivity contribution in [3.05, 3.63) is 113 Å². The smallest absolute Gasteiger partial charge is 0.204 e. The number of benzene rings is 3. The zero-order valence-corrected chi connectivity index (χ0v) is 18.6. The fourth-order valence-electron chi connectivity index (χ4n) is 4.54. The van der Waals surface area contributed by atoms with Crippen LogP contribution < -0.4 is 0 Å². The van der Waals surface area contributed by atoms with E-state index in [0.29, 0.717) is 22.8 Å². The monoisotopic (exact) mass is 432 g/mol. The normalized spacial score (nSPS) is 17.9. The number of aromatic amines is 1. The molecule has 0 unspecified atom stereocenters. The van der Waals surface area contributed by atoms with Gasteiger partial charge in [0.2, 0.25) is 5.78 Å². The SMILES string of the molecule is CC(C)c1ccc([C@@H]2C(C#N)=C(c3c[nH]c4ccccc34)O[C@H]2C(=O)c2ccccc2)cc1. The number of aromatic nitrogens is 1. The molecule has 0 fully saturated rings. The number of rotatable bonds is 5. The molecule has 1 N–H and O–H groups in total. The van der Waals surface area contributed by atoms with Gasteiger partial charge in [-0.2, -0.15) is 5.26 Å². The molecular weight excluding hydrogens is 408 g/mol. The molecule has 3 aromatic carbocycles. The van der Waals surface area contributed by atoms with Gasteiger partial charge in [0.15, 0.2) is 6.10 Å². The van der Waals surface area contributed by atoms with E-state index in [1.807, 2.05) is 60.8 Å². The van der Waals surface area contributed by atoms with E-state index in [9.17, 15) is 10.1 Å². The van der Waals surface area contributed by atoms with Gasteiger partial charge in [-0.1, -0.05) is 86.6 Å². The fraction of sp³-hybridized carbons (Fsp3) is 0.172. The highest BCUT2D eigenvalue weighted by atomic mass is 16.5. The number of para-hydroxylation sites is 1. The number of ketones is 1. The molecule has 1 aliphatic heterocycles. The van der Waals surface area contributed by atoms with Crippen molar-refractivity contribution >= 4 is 22.4 Å². The Hall–Kier alpha value is -4.10. The van der Waals surface area contributed by atoms with E-state index in [2.05, 4.69) is 37.0 Å². The highest BCUT2D eigenvalue weighted by Gasteiger charge is 2.43. The summed E-state index contributed by atoms with van der Waals surface area (Å²) in [6.45, 7) is 4.29. The number of nitrogens with one attached hydrogen (secondary N) is 1. The van der Waals surface area contributed by atoms with Crippen molar-refractivity contribution in [2.45, 2.75) is 31.8 Å². The van der Waals surface area contributed by atoms with E-state index < -0.39 is 12.0 Å². The lowest BCUT2D eigenvalue weighted by atomic mass is 9.83. The number of nitrogens with zero attached hydrogens (tertiary/aromatic N) is 1. The topological polar surface area (TPSA) is 65.9 Å². The van der Waals surface area contributed by atoms with Gasteiger partial charge < -0.3 is 9.72 Å². The standard InChI is InChI=1S/C29H24N2O2/c1-18(2)19-12-14-20(15-13-19)26-23(16-30)28(24-17-31-25-11-7-6-10-22(24)25)33-29(26)27(32)21-8-4-3-5-9-21/h3-15,17-18,26,29,31H,1-2H3/t26-,29-/m1/s1. The molecular formula is C29H24N2O2. The summed E-state index contributed by atoms with van der Waals surface area (Å²) in [6, 6.07) is 27.6. The van der Waals surface area contributed by atoms with Crippen molar-refractivity contribution in [2.24, 2.45) is 0 Å². The molecule has 1 aliphatic rings. The Labute approximate surface area is 193 Å². The van der Waals surface area contributed by atoms with Crippen LogP contribution in [0.4, 0.5) is 0 Å². The number of carbonyl (C=O) groups excluding carboxylic acids is 1. The third-order valence-electron chi connectivity index (χ3n) is 6.34. The number of hydrogen-bond acceptors (Lipinski definition) is 3. The molecule has 2 heterocycles. The first-order valence-electron chi connectivity index (χ1n) is 11.1. The van der Waals surface area contributed by atoms with Crippen LogP contribution in [0, 0.1) is 11.3 Å². The average molecular weight is 433 g/mol. The molecule has 0 amide bonds. The summed E-state index contributed by atoms with van der Waals surface area (Å²) < 4.78 is 6.37. The van der Waals surface area contributed by atoms with Gasteiger partial charge in [-0.05, 0) is 23.1 Å². The first-order valence-corrected chi connectivity index (χ1v) is 11.1. The van der Waals surface area contributed by atoms with Crippen LogP contribution in [0.25, 0.3) is 16.7 Å². The van der Waals surface area contributed by atoms with Crippen LogP contribution in [0.3, 0.4) is 0 Å². The van der Waals surface area contributed by atoms with Crippen molar-refractivity contribution in [3.63, 3.8) is 0 Å². The molecule has 162 valence electrons. The zero-order valence-electron chi connectivity index (χ0n) is 18.6. The largest absolute Gasteiger partial charge is 0.479 e. The summed E-state index contributed by atoms with van der Waals surface area (Å²) in [4.78, 5) is 16.8. The Morgan fingerprint density at radius 2 is 1.67 bits per heavy atom. The van der Waals surface area contributed by atoms with Crippen molar-refractivity contribution in [1.82, 2.24) is 4.98 Å². The van der Waals surface area contributed by atoms with Gasteiger partial charge in [0.05, 0.1) is 17.6 Å². The third kappa shape index (κ3) is 3.62. The number of nitriles is 1. The summed E-state index contributed by atoms with van der Waals surface area (Å²) in [5.74, 6) is 0.263. The number of H-pyrrole nitrogens is 1. The number of hydrogen-bond donors (Lipinski definition) is 1. The molecule has 0 aliphatic carbocycles. The van der Waals surface area contributed by atoms with Gasteiger partial charge in [0, 0.05) is 28.2 Å². The highest BCUT2D eigenvalue weighted by Crippen LogP contribution is 2.45. The van der Waals surface area contributed by atoms with Gasteiger partial charge in [0.1, 0.15) is 5.76 Å². The third-order valence-corrected chi connectivity index (χ3v) is 6.34. The second-order valence-corrected chi connectivity index (χ2v) is 8.67. The van der Waals surface area contributed by atoms with Crippen LogP contribution in [0.15, 0.2) is 90.6 Å². The predicted octanol–water partition coefficient (Wildman–Crippen LogP) is 6.59. The van der Waals surface area contributed by atoms with Gasteiger partial charge in [-0.3, -0.25) is 4.79 Å². The van der Waals surface area contributed by atoms with Crippen molar-refractivity contribution in [3.8, 4) is 6.07 Å². The van der Waals surface area contributed by atoms with E-state index >= 15 is 0 Å². The highest BCUT2D eigenvalue weighted by molar-refractivity contribution is 6.03. The molecule has 4 aromatic rings. The van der Waals surface area contributed by atoms with Crippen molar-refractivity contribution in [1.29, 1.82) is 5.26 Å². The Kier molecular flexibility index (Phi) is 5.32. The van der Waals surface area contributed by atoms with E-state index in [1.54, 1.807) is 12.1 Å². The van der Waals surface area contributed by atoms with E-state index in [-0.39, 0.29) is 5.78 Å². The lowest BCUT2D eigenvalue weighted by molar-refractivity contribution is 0.0754. The predicted molar refractivity (Wildman–Crippen MR) is 130 cm³/mol. The minimum atomic E-state index is -0.810. The number of carbonyl (C=O) groups is 1. The Bertz CT molecular complexity index is 1390. The zero-order chi connectivity index (χ0) is 22.9. The van der Waals surface area contributed by atoms with Crippen molar-refractivity contribution < 1.29 is 9.53 Å². The molecule has 1 aromatic heterocycles. The van der Waals surface area contributed by atoms with Gasteiger partial charge in [-0.15, -0.1) is 0 Å². The lowest BCUT2D eigenvalue weighted by Gasteiger charge is -2.20. The first kappa shape index (κ1) is 20.8. The van der Waals surface area contributed by atoms with E-state index in [0.717, 1.165) is 22.0 Å². The molecule has 33 heavy (non-hydrogen) atoms. The van der Waals surface area contributed by atoms with Gasteiger partial charge in [0.25, 0.3) is 0 Å². The van der Waals surface area contributed by atoms with Crippen molar-refractivity contribution in [2.75, 3.05) is 0 Å². The maximum Gasteiger partial charge on any atom is 0.204 e. The summed E-state index contributed by atoms with van der Waals surface area (Å²) in [5, 5.41) is 11.2. The fourth-order valence-corrected chi connectivity index (χ4v) is 4.54. The van der Waals surface area contributed by atoms with Crippen LogP contribution >= 0.6 is 0 Å². The Morgan fingerprint density at radius 1 is 0.970 bits per heavy atom. The van der Waals surface area contributed by atoms with E-state index in [4.69, 9.17) is 4.74 Å².